The van der Waals surface area contributed by atoms with Gasteiger partial charge in [-0.3, -0.25) is 0 Å². The third-order valence-corrected chi connectivity index (χ3v) is 6.86. The van der Waals surface area contributed by atoms with Crippen LogP contribution >= 0.6 is 26.8 Å². The zero-order valence-electron chi connectivity index (χ0n) is 13.9. The second-order valence-corrected chi connectivity index (χ2v) is 8.30. The summed E-state index contributed by atoms with van der Waals surface area (Å²) in [5, 5.41) is 6.36. The number of benzene rings is 1. The minimum absolute atomic E-state index is 0. The summed E-state index contributed by atoms with van der Waals surface area (Å²) >= 11 is 5.63. The maximum Gasteiger partial charge on any atom is 1.00 e. The minimum Gasteiger partial charge on any atom is -0.776 e. The van der Waals surface area contributed by atoms with Crippen LogP contribution in [0.1, 0.15) is 11.5 Å². The van der Waals surface area contributed by atoms with E-state index in [1.165, 1.54) is 24.3 Å². The molecule has 2 unspecified atom stereocenters. The Morgan fingerprint density at radius 1 is 1.08 bits per heavy atom. The van der Waals surface area contributed by atoms with E-state index in [2.05, 4.69) is 0 Å². The van der Waals surface area contributed by atoms with Crippen molar-refractivity contribution in [3.8, 4) is 0 Å². The molecule has 2 radical (unpaired) electrons. The van der Waals surface area contributed by atoms with Gasteiger partial charge in [-0.25, -0.2) is 0 Å². The second-order valence-electron chi connectivity index (χ2n) is 4.07. The van der Waals surface area contributed by atoms with Gasteiger partial charge in [0.2, 0.25) is 0 Å². The van der Waals surface area contributed by atoms with E-state index in [4.69, 9.17) is 27.1 Å². The summed E-state index contributed by atoms with van der Waals surface area (Å²) in [6.07, 6.45) is 0. The summed E-state index contributed by atoms with van der Waals surface area (Å²) in [5.41, 5.74) is 5.25. The number of hydrogen-bond acceptors (Lipinski definition) is 6. The Kier molecular flexibility index (Phi) is 20.3. The van der Waals surface area contributed by atoms with Crippen LogP contribution in [0.15, 0.2) is 24.3 Å². The summed E-state index contributed by atoms with van der Waals surface area (Å²) in [6.45, 7) is -0.669. The fraction of sp³-hybridized carbons (Fsp3) is 0.333. The molecular formula is C9H12ClNNa4O7P2. The molecule has 0 amide bonds. The van der Waals surface area contributed by atoms with Crippen LogP contribution in [0.4, 0.5) is 0 Å². The maximum atomic E-state index is 11.3. The smallest absolute Gasteiger partial charge is 0.776 e. The van der Waals surface area contributed by atoms with E-state index in [1.54, 1.807) is 0 Å². The second kappa shape index (κ2) is 13.9. The molecule has 1 rings (SSSR count). The van der Waals surface area contributed by atoms with Crippen molar-refractivity contribution < 1.29 is 92.9 Å². The van der Waals surface area contributed by atoms with Gasteiger partial charge in [0.1, 0.15) is 0 Å². The van der Waals surface area contributed by atoms with Crippen LogP contribution in [0, 0.1) is 0 Å². The summed E-state index contributed by atoms with van der Waals surface area (Å²) < 4.78 is 22.5. The van der Waals surface area contributed by atoms with Crippen molar-refractivity contribution in [2.75, 3.05) is 6.54 Å². The third kappa shape index (κ3) is 8.23. The number of nitrogens with two attached hydrogens (primary N) is 1. The molecule has 0 aliphatic rings. The summed E-state index contributed by atoms with van der Waals surface area (Å²) in [4.78, 5) is 40.6. The SMILES string of the molecule is NC[C@H](c1ccc(Cl)cc1)C(O)(P(=O)([O-])O)P(=O)([O-])O.[Na+].[Na+].[Na].[Na]. The Bertz CT molecular complexity index is 560. The first-order valence-corrected chi connectivity index (χ1v) is 8.74. The molecule has 1 aromatic carbocycles. The molecule has 0 heterocycles. The number of aliphatic hydroxyl groups is 1. The van der Waals surface area contributed by atoms with E-state index in [1.807, 2.05) is 0 Å². The number of halogens is 1. The molecule has 0 saturated carbocycles. The molecule has 5 N–H and O–H groups in total. The van der Waals surface area contributed by atoms with E-state index < -0.39 is 32.7 Å². The van der Waals surface area contributed by atoms with Gasteiger partial charge in [-0.15, -0.1) is 0 Å². The molecule has 8 nitrogen and oxygen atoms in total. The van der Waals surface area contributed by atoms with Crippen molar-refractivity contribution in [3.63, 3.8) is 0 Å². The van der Waals surface area contributed by atoms with Gasteiger partial charge in [0.15, 0.2) is 20.3 Å². The summed E-state index contributed by atoms with van der Waals surface area (Å²) in [5.74, 6) is -1.79. The van der Waals surface area contributed by atoms with Crippen LogP contribution < -0.4 is 74.6 Å². The van der Waals surface area contributed by atoms with E-state index in [-0.39, 0.29) is 129 Å². The number of rotatable bonds is 5. The van der Waals surface area contributed by atoms with Gasteiger partial charge in [-0.1, -0.05) is 23.7 Å². The fourth-order valence-electron chi connectivity index (χ4n) is 1.77. The summed E-state index contributed by atoms with van der Waals surface area (Å²) in [6, 6.07) is 5.05. The van der Waals surface area contributed by atoms with Crippen LogP contribution in [-0.4, -0.2) is 85.6 Å². The first kappa shape index (κ1) is 35.2. The predicted octanol–water partition coefficient (Wildman–Crippen LogP) is -7.63. The van der Waals surface area contributed by atoms with Crippen LogP contribution in [0.25, 0.3) is 0 Å². The molecule has 0 fully saturated rings. The van der Waals surface area contributed by atoms with Crippen molar-refractivity contribution in [2.24, 2.45) is 5.73 Å². The average Bonchev–Trinajstić information content (AvgIpc) is 2.29. The first-order valence-electron chi connectivity index (χ1n) is 5.21. The molecule has 0 spiro atoms. The van der Waals surface area contributed by atoms with Gasteiger partial charge in [0.05, 0.1) is 0 Å². The fourth-order valence-corrected chi connectivity index (χ4v) is 4.47. The monoisotopic (exact) mass is 435 g/mol. The van der Waals surface area contributed by atoms with Crippen LogP contribution in [0.2, 0.25) is 5.02 Å². The zero-order valence-corrected chi connectivity index (χ0v) is 24.5. The van der Waals surface area contributed by atoms with Crippen molar-refractivity contribution in [2.45, 2.75) is 11.0 Å². The Labute approximate surface area is 233 Å². The Balaban J connectivity index is -0.000000500. The van der Waals surface area contributed by atoms with Gasteiger partial charge in [0.25, 0.3) is 0 Å². The van der Waals surface area contributed by atoms with Crippen LogP contribution in [-0.2, 0) is 9.13 Å². The largest absolute Gasteiger partial charge is 1.00 e. The van der Waals surface area contributed by atoms with Gasteiger partial charge in [-0.2, -0.15) is 0 Å². The van der Waals surface area contributed by atoms with Crippen molar-refractivity contribution >= 4 is 85.9 Å². The van der Waals surface area contributed by atoms with Crippen molar-refractivity contribution in [3.05, 3.63) is 34.9 Å². The summed E-state index contributed by atoms with van der Waals surface area (Å²) in [7, 11) is -11.8. The van der Waals surface area contributed by atoms with Crippen molar-refractivity contribution in [1.29, 1.82) is 0 Å². The molecule has 3 atom stereocenters. The van der Waals surface area contributed by atoms with Gasteiger partial charge < -0.3 is 39.5 Å². The molecule has 0 bridgehead atoms. The first-order chi connectivity index (χ1) is 8.95. The van der Waals surface area contributed by atoms with Crippen molar-refractivity contribution in [1.82, 2.24) is 0 Å². The molecule has 15 heteroatoms. The normalized spacial score (nSPS) is 18.6. The van der Waals surface area contributed by atoms with Gasteiger partial charge in [0, 0.05) is 76.6 Å². The topological polar surface area (TPSA) is 167 Å². The molecule has 0 saturated heterocycles. The quantitative estimate of drug-likeness (QED) is 0.261. The van der Waals surface area contributed by atoms with E-state index in [0.717, 1.165) is 0 Å². The molecule has 0 aliphatic carbocycles. The molecule has 1 aromatic rings. The molecular weight excluding hydrogens is 423 g/mol. The molecule has 0 aliphatic heterocycles. The Morgan fingerprint density at radius 2 is 1.42 bits per heavy atom. The van der Waals surface area contributed by atoms with E-state index in [0.29, 0.717) is 0 Å². The Hall–Kier alpha value is 3.73. The van der Waals surface area contributed by atoms with Gasteiger partial charge >= 0.3 is 59.1 Å². The number of hydrogen-bond donors (Lipinski definition) is 4. The maximum absolute atomic E-state index is 11.3. The van der Waals surface area contributed by atoms with Gasteiger partial charge in [-0.05, 0) is 17.7 Å². The molecule has 116 valence electrons. The average molecular weight is 436 g/mol. The van der Waals surface area contributed by atoms with Crippen LogP contribution in [0.3, 0.4) is 0 Å². The zero-order chi connectivity index (χ0) is 15.8. The predicted molar refractivity (Wildman–Crippen MR) is 79.4 cm³/mol. The minimum atomic E-state index is -5.89. The van der Waals surface area contributed by atoms with E-state index in [9.17, 15) is 24.0 Å². The Morgan fingerprint density at radius 3 is 1.67 bits per heavy atom. The molecule has 24 heavy (non-hydrogen) atoms. The standard InChI is InChI=1S/C9H14ClNO7P2.4Na/c10-7-3-1-6(2-4-7)8(5-11)9(12,19(13,14)15)20(16,17)18;;;;/h1-4,8,12H,5,11H2,(H2,13,14,15)(H2,16,17,18);;;;/q;;;2*+1/p-2/t8-;;;;/m1..../s1. The van der Waals surface area contributed by atoms with E-state index >= 15 is 0 Å². The third-order valence-electron chi connectivity index (χ3n) is 2.81. The van der Waals surface area contributed by atoms with Crippen LogP contribution in [0.5, 0.6) is 0 Å². The molecule has 0 aromatic heterocycles.